The maximum atomic E-state index is 12.4. The summed E-state index contributed by atoms with van der Waals surface area (Å²) in [5.41, 5.74) is 2.12. The van der Waals surface area contributed by atoms with Gasteiger partial charge in [0.25, 0.3) is 5.69 Å². The normalized spacial score (nSPS) is 11.9. The van der Waals surface area contributed by atoms with E-state index in [0.29, 0.717) is 23.5 Å². The van der Waals surface area contributed by atoms with Gasteiger partial charge in [-0.1, -0.05) is 29.0 Å². The molecule has 6 nitrogen and oxygen atoms in total. The lowest BCUT2D eigenvalue weighted by atomic mass is 10.2. The van der Waals surface area contributed by atoms with Crippen molar-refractivity contribution in [3.05, 3.63) is 62.9 Å². The van der Waals surface area contributed by atoms with Crippen molar-refractivity contribution in [2.75, 3.05) is 17.8 Å². The molecule has 2 aromatic carbocycles. The van der Waals surface area contributed by atoms with Gasteiger partial charge in [-0.05, 0) is 31.4 Å². The predicted molar refractivity (Wildman–Crippen MR) is 122 cm³/mol. The molecular weight excluding hydrogens is 426 g/mol. The van der Waals surface area contributed by atoms with Crippen LogP contribution in [-0.2, 0) is 11.3 Å². The first-order chi connectivity index (χ1) is 14.0. The van der Waals surface area contributed by atoms with Crippen molar-refractivity contribution in [3.8, 4) is 0 Å². The smallest absolute Gasteiger partial charge is 0.270 e. The number of thiazole rings is 1. The molecule has 3 aromatic rings. The maximum absolute atomic E-state index is 12.4. The predicted octanol–water partition coefficient (Wildman–Crippen LogP) is 4.89. The van der Waals surface area contributed by atoms with E-state index in [1.165, 1.54) is 23.0 Å². The lowest BCUT2D eigenvalue weighted by molar-refractivity contribution is -0.384. The summed E-state index contributed by atoms with van der Waals surface area (Å²) in [6.45, 7) is 2.74. The summed E-state index contributed by atoms with van der Waals surface area (Å²) in [6.07, 6.45) is 2.36. The molecule has 0 spiro atoms. The zero-order chi connectivity index (χ0) is 20.8. The number of rotatable bonds is 8. The Bertz CT molecular complexity index is 1090. The third-order valence-corrected chi connectivity index (χ3v) is 6.87. The number of thioether (sulfide) groups is 2. The number of carbonyl (C=O) groups is 1. The average molecular weight is 448 g/mol. The van der Waals surface area contributed by atoms with Crippen molar-refractivity contribution in [2.45, 2.75) is 24.8 Å². The molecule has 0 saturated carbocycles. The molecule has 0 atom stereocenters. The van der Waals surface area contributed by atoms with Crippen LogP contribution in [0.1, 0.15) is 12.0 Å². The number of nitrogens with zero attached hydrogens (tertiary/aromatic N) is 3. The van der Waals surface area contributed by atoms with E-state index in [0.717, 1.165) is 20.9 Å². The third kappa shape index (κ3) is 5.71. The van der Waals surface area contributed by atoms with E-state index in [1.54, 1.807) is 35.7 Å². The third-order valence-electron chi connectivity index (χ3n) is 4.22. The number of hydrogen-bond acceptors (Lipinski definition) is 6. The van der Waals surface area contributed by atoms with Crippen molar-refractivity contribution >= 4 is 56.7 Å². The minimum Gasteiger partial charge on any atom is -0.316 e. The van der Waals surface area contributed by atoms with Crippen LogP contribution in [0, 0.1) is 17.0 Å². The number of non-ortho nitro benzene ring substituents is 1. The van der Waals surface area contributed by atoms with Crippen molar-refractivity contribution in [1.29, 1.82) is 0 Å². The van der Waals surface area contributed by atoms with Gasteiger partial charge in [-0.25, -0.2) is 0 Å². The Hall–Kier alpha value is -2.10. The fraction of sp³-hybridized carbons (Fsp3) is 0.300. The van der Waals surface area contributed by atoms with Gasteiger partial charge in [0, 0.05) is 41.5 Å². The molecule has 152 valence electrons. The van der Waals surface area contributed by atoms with Crippen LogP contribution >= 0.6 is 34.9 Å². The van der Waals surface area contributed by atoms with Crippen molar-refractivity contribution in [3.63, 3.8) is 0 Å². The standard InChI is InChI=1S/C20H21N3O3S3/c1-14-3-6-16(7-4-14)28-11-9-19(24)21-20-22(10-12-27-2)17-8-5-15(23(25)26)13-18(17)29-20/h3-8,13H,9-12H2,1-2H3. The number of nitro benzene ring substituents is 1. The van der Waals surface area contributed by atoms with Gasteiger partial charge in [-0.15, -0.1) is 11.8 Å². The number of benzene rings is 2. The first kappa shape index (κ1) is 21.6. The van der Waals surface area contributed by atoms with Crippen LogP contribution < -0.4 is 4.80 Å². The summed E-state index contributed by atoms with van der Waals surface area (Å²) < 4.78 is 2.74. The Kier molecular flexibility index (Phi) is 7.51. The number of aryl methyl sites for hydroxylation is 2. The van der Waals surface area contributed by atoms with Gasteiger partial charge >= 0.3 is 0 Å². The number of fused-ring (bicyclic) bond motifs is 1. The van der Waals surface area contributed by atoms with Gasteiger partial charge < -0.3 is 4.57 Å². The lowest BCUT2D eigenvalue weighted by Crippen LogP contribution is -2.18. The van der Waals surface area contributed by atoms with Gasteiger partial charge in [-0.3, -0.25) is 14.9 Å². The number of carbonyl (C=O) groups excluding carboxylic acids is 1. The van der Waals surface area contributed by atoms with Crippen LogP contribution in [0.4, 0.5) is 5.69 Å². The highest BCUT2D eigenvalue weighted by molar-refractivity contribution is 7.99. The molecule has 29 heavy (non-hydrogen) atoms. The van der Waals surface area contributed by atoms with Gasteiger partial charge in [-0.2, -0.15) is 16.8 Å². The van der Waals surface area contributed by atoms with Crippen LogP contribution in [0.15, 0.2) is 52.4 Å². The topological polar surface area (TPSA) is 77.5 Å². The Labute approximate surface area is 181 Å². The van der Waals surface area contributed by atoms with Crippen molar-refractivity contribution in [1.82, 2.24) is 4.57 Å². The molecule has 0 bridgehead atoms. The Morgan fingerprint density at radius 1 is 1.21 bits per heavy atom. The molecule has 9 heteroatoms. The summed E-state index contributed by atoms with van der Waals surface area (Å²) in [5.74, 6) is 1.35. The van der Waals surface area contributed by atoms with Crippen LogP contribution in [0.25, 0.3) is 10.2 Å². The van der Waals surface area contributed by atoms with Gasteiger partial charge in [0.15, 0.2) is 4.80 Å². The highest BCUT2D eigenvalue weighted by Gasteiger charge is 2.12. The zero-order valence-corrected chi connectivity index (χ0v) is 18.6. The molecule has 0 unspecified atom stereocenters. The summed E-state index contributed by atoms with van der Waals surface area (Å²) in [7, 11) is 0. The number of aromatic nitrogens is 1. The highest BCUT2D eigenvalue weighted by Crippen LogP contribution is 2.24. The zero-order valence-electron chi connectivity index (χ0n) is 16.2. The van der Waals surface area contributed by atoms with Gasteiger partial charge in [0.05, 0.1) is 15.1 Å². The number of amides is 1. The monoisotopic (exact) mass is 447 g/mol. The van der Waals surface area contributed by atoms with Gasteiger partial charge in [0.1, 0.15) is 0 Å². The van der Waals surface area contributed by atoms with E-state index in [4.69, 9.17) is 0 Å². The SMILES string of the molecule is CSCCn1c(=NC(=O)CCSc2ccc(C)cc2)sc2cc([N+](=O)[O-])ccc21. The molecule has 3 rings (SSSR count). The molecule has 0 aliphatic heterocycles. The quantitative estimate of drug-likeness (QED) is 0.279. The first-order valence-corrected chi connectivity index (χ1v) is 12.2. The Balaban J connectivity index is 1.79. The van der Waals surface area contributed by atoms with E-state index in [9.17, 15) is 14.9 Å². The second-order valence-electron chi connectivity index (χ2n) is 6.36. The summed E-state index contributed by atoms with van der Waals surface area (Å²) in [5, 5.41) is 11.1. The minimum atomic E-state index is -0.407. The summed E-state index contributed by atoms with van der Waals surface area (Å²) >= 11 is 4.66. The van der Waals surface area contributed by atoms with Crippen LogP contribution in [0.2, 0.25) is 0 Å². The molecule has 0 radical (unpaired) electrons. The molecule has 1 amide bonds. The molecule has 1 heterocycles. The molecule has 0 aliphatic carbocycles. The van der Waals surface area contributed by atoms with Crippen molar-refractivity contribution < 1.29 is 9.72 Å². The minimum absolute atomic E-state index is 0.0446. The Morgan fingerprint density at radius 2 is 1.97 bits per heavy atom. The van der Waals surface area contributed by atoms with E-state index >= 15 is 0 Å². The van der Waals surface area contributed by atoms with Crippen molar-refractivity contribution in [2.24, 2.45) is 4.99 Å². The summed E-state index contributed by atoms with van der Waals surface area (Å²) in [4.78, 5) is 29.1. The molecule has 0 saturated heterocycles. The molecule has 0 aliphatic rings. The second kappa shape index (κ2) is 10.1. The Morgan fingerprint density at radius 3 is 2.66 bits per heavy atom. The average Bonchev–Trinajstić information content (AvgIpc) is 3.03. The molecular formula is C20H21N3O3S3. The molecule has 1 aromatic heterocycles. The first-order valence-electron chi connectivity index (χ1n) is 9.01. The maximum Gasteiger partial charge on any atom is 0.270 e. The van der Waals surface area contributed by atoms with Crippen LogP contribution in [-0.4, -0.2) is 33.2 Å². The molecule has 0 N–H and O–H groups in total. The lowest BCUT2D eigenvalue weighted by Gasteiger charge is -2.03. The second-order valence-corrected chi connectivity index (χ2v) is 9.52. The highest BCUT2D eigenvalue weighted by atomic mass is 32.2. The largest absolute Gasteiger partial charge is 0.316 e. The van der Waals surface area contributed by atoms with E-state index < -0.39 is 4.92 Å². The fourth-order valence-electron chi connectivity index (χ4n) is 2.71. The van der Waals surface area contributed by atoms with Crippen LogP contribution in [0.5, 0.6) is 0 Å². The number of hydrogen-bond donors (Lipinski definition) is 0. The fourth-order valence-corrected chi connectivity index (χ4v) is 5.03. The number of nitro groups is 1. The van der Waals surface area contributed by atoms with Gasteiger partial charge in [0.2, 0.25) is 5.91 Å². The van der Waals surface area contributed by atoms with E-state index in [1.807, 2.05) is 17.7 Å². The van der Waals surface area contributed by atoms with E-state index in [2.05, 4.69) is 29.3 Å². The summed E-state index contributed by atoms with van der Waals surface area (Å²) in [6, 6.07) is 13.0. The van der Waals surface area contributed by atoms with E-state index in [-0.39, 0.29) is 11.6 Å². The molecule has 0 fully saturated rings. The van der Waals surface area contributed by atoms with Crippen LogP contribution in [0.3, 0.4) is 0 Å².